The van der Waals surface area contributed by atoms with Crippen LogP contribution in [0.4, 0.5) is 0 Å². The van der Waals surface area contributed by atoms with E-state index in [0.717, 1.165) is 4.88 Å². The fourth-order valence-corrected chi connectivity index (χ4v) is 4.09. The van der Waals surface area contributed by atoms with E-state index in [4.69, 9.17) is 9.26 Å². The second-order valence-corrected chi connectivity index (χ2v) is 9.02. The first-order chi connectivity index (χ1) is 13.8. The SMILES string of the molecule is COc1ccc(S(=O)(=O)NCc2nc(-c3cccs3)no2)cc1C(=O)NC(C)C. The van der Waals surface area contributed by atoms with Gasteiger partial charge in [0.25, 0.3) is 5.91 Å². The molecule has 0 bridgehead atoms. The summed E-state index contributed by atoms with van der Waals surface area (Å²) in [6.45, 7) is 3.43. The Kier molecular flexibility index (Phi) is 6.30. The largest absolute Gasteiger partial charge is 0.496 e. The third-order valence-corrected chi connectivity index (χ3v) is 6.03. The predicted octanol–water partition coefficient (Wildman–Crippen LogP) is 2.42. The smallest absolute Gasteiger partial charge is 0.255 e. The minimum absolute atomic E-state index is 0.0785. The van der Waals surface area contributed by atoms with Crippen LogP contribution in [0.15, 0.2) is 45.1 Å². The van der Waals surface area contributed by atoms with Crippen LogP contribution in [0.1, 0.15) is 30.1 Å². The topological polar surface area (TPSA) is 123 Å². The number of sulfonamides is 1. The van der Waals surface area contributed by atoms with Gasteiger partial charge in [0.2, 0.25) is 21.7 Å². The van der Waals surface area contributed by atoms with Crippen molar-refractivity contribution < 1.29 is 22.5 Å². The molecule has 0 aliphatic heterocycles. The Balaban J connectivity index is 1.77. The molecule has 0 spiro atoms. The molecule has 2 aromatic heterocycles. The molecule has 0 saturated carbocycles. The number of benzene rings is 1. The standard InChI is InChI=1S/C18H20N4O5S2/c1-11(2)20-18(23)13-9-12(6-7-14(13)26-3)29(24,25)19-10-16-21-17(22-27-16)15-5-4-8-28-15/h4-9,11,19H,10H2,1-3H3,(H,20,23). The lowest BCUT2D eigenvalue weighted by Gasteiger charge is -2.13. The van der Waals surface area contributed by atoms with E-state index in [9.17, 15) is 13.2 Å². The zero-order chi connectivity index (χ0) is 21.0. The first-order valence-corrected chi connectivity index (χ1v) is 11.0. The number of aromatic nitrogens is 2. The van der Waals surface area contributed by atoms with Crippen LogP contribution in [-0.4, -0.2) is 37.6 Å². The Morgan fingerprint density at radius 2 is 2.10 bits per heavy atom. The molecule has 0 aliphatic carbocycles. The van der Waals surface area contributed by atoms with Crippen molar-refractivity contribution in [3.8, 4) is 16.5 Å². The van der Waals surface area contributed by atoms with Crippen molar-refractivity contribution in [2.45, 2.75) is 31.3 Å². The van der Waals surface area contributed by atoms with Gasteiger partial charge in [-0.15, -0.1) is 11.3 Å². The van der Waals surface area contributed by atoms with E-state index in [1.807, 2.05) is 17.5 Å². The minimum Gasteiger partial charge on any atom is -0.496 e. The van der Waals surface area contributed by atoms with Crippen molar-refractivity contribution in [3.63, 3.8) is 0 Å². The monoisotopic (exact) mass is 436 g/mol. The Morgan fingerprint density at radius 1 is 1.31 bits per heavy atom. The molecule has 0 unspecified atom stereocenters. The molecular formula is C18H20N4O5S2. The maximum atomic E-state index is 12.7. The third-order valence-electron chi connectivity index (χ3n) is 3.77. The summed E-state index contributed by atoms with van der Waals surface area (Å²) in [6, 6.07) is 7.65. The van der Waals surface area contributed by atoms with Gasteiger partial charge in [-0.05, 0) is 43.5 Å². The Labute approximate surface area is 172 Å². The molecule has 1 aromatic carbocycles. The minimum atomic E-state index is -3.92. The van der Waals surface area contributed by atoms with E-state index >= 15 is 0 Å². The van der Waals surface area contributed by atoms with Gasteiger partial charge >= 0.3 is 0 Å². The summed E-state index contributed by atoms with van der Waals surface area (Å²) in [4.78, 5) is 17.3. The van der Waals surface area contributed by atoms with E-state index in [0.29, 0.717) is 5.82 Å². The zero-order valence-corrected chi connectivity index (χ0v) is 17.6. The molecule has 0 fully saturated rings. The maximum Gasteiger partial charge on any atom is 0.255 e. The van der Waals surface area contributed by atoms with Gasteiger partial charge in [-0.25, -0.2) is 13.1 Å². The number of hydrogen-bond donors (Lipinski definition) is 2. The van der Waals surface area contributed by atoms with E-state index in [2.05, 4.69) is 20.2 Å². The number of nitrogens with one attached hydrogen (secondary N) is 2. The van der Waals surface area contributed by atoms with Gasteiger partial charge in [-0.3, -0.25) is 4.79 Å². The van der Waals surface area contributed by atoms with Gasteiger partial charge in [-0.2, -0.15) is 4.98 Å². The molecule has 0 aliphatic rings. The molecule has 3 aromatic rings. The molecule has 0 atom stereocenters. The average Bonchev–Trinajstić information content (AvgIpc) is 3.37. The van der Waals surface area contributed by atoms with Crippen molar-refractivity contribution in [1.82, 2.24) is 20.2 Å². The average molecular weight is 437 g/mol. The van der Waals surface area contributed by atoms with Crippen LogP contribution in [0, 0.1) is 0 Å². The summed E-state index contributed by atoms with van der Waals surface area (Å²) >= 11 is 1.45. The van der Waals surface area contributed by atoms with Crippen molar-refractivity contribution in [1.29, 1.82) is 0 Å². The van der Waals surface area contributed by atoms with Crippen LogP contribution in [0.3, 0.4) is 0 Å². The first kappa shape index (κ1) is 21.0. The highest BCUT2D eigenvalue weighted by Gasteiger charge is 2.21. The number of ether oxygens (including phenoxy) is 1. The normalized spacial score (nSPS) is 11.6. The molecule has 0 radical (unpaired) electrons. The molecule has 1 amide bonds. The van der Waals surface area contributed by atoms with Crippen molar-refractivity contribution in [2.75, 3.05) is 7.11 Å². The van der Waals surface area contributed by atoms with Gasteiger partial charge < -0.3 is 14.6 Å². The molecule has 2 heterocycles. The van der Waals surface area contributed by atoms with E-state index in [1.54, 1.807) is 13.8 Å². The molecule has 3 rings (SSSR count). The predicted molar refractivity (Wildman–Crippen MR) is 107 cm³/mol. The van der Waals surface area contributed by atoms with Crippen LogP contribution in [0.25, 0.3) is 10.7 Å². The third kappa shape index (κ3) is 5.00. The summed E-state index contributed by atoms with van der Waals surface area (Å²) in [5.41, 5.74) is 0.127. The molecule has 11 heteroatoms. The quantitative estimate of drug-likeness (QED) is 0.556. The zero-order valence-electron chi connectivity index (χ0n) is 16.0. The number of carbonyl (C=O) groups excluding carboxylic acids is 1. The van der Waals surface area contributed by atoms with Gasteiger partial charge in [-0.1, -0.05) is 11.2 Å². The molecule has 29 heavy (non-hydrogen) atoms. The summed E-state index contributed by atoms with van der Waals surface area (Å²) < 4.78 is 38.0. The van der Waals surface area contributed by atoms with E-state index in [-0.39, 0.29) is 34.7 Å². The van der Waals surface area contributed by atoms with Crippen molar-refractivity contribution >= 4 is 27.3 Å². The highest BCUT2D eigenvalue weighted by molar-refractivity contribution is 7.89. The number of methoxy groups -OCH3 is 1. The fraction of sp³-hybridized carbons (Fsp3) is 0.278. The Morgan fingerprint density at radius 3 is 2.76 bits per heavy atom. The number of amides is 1. The molecule has 2 N–H and O–H groups in total. The maximum absolute atomic E-state index is 12.7. The van der Waals surface area contributed by atoms with E-state index < -0.39 is 15.9 Å². The van der Waals surface area contributed by atoms with Gasteiger partial charge in [0.15, 0.2) is 0 Å². The van der Waals surface area contributed by atoms with Crippen molar-refractivity contribution in [2.24, 2.45) is 0 Å². The summed E-state index contributed by atoms with van der Waals surface area (Å²) in [6.07, 6.45) is 0. The number of nitrogens with zero attached hydrogens (tertiary/aromatic N) is 2. The molecule has 0 saturated heterocycles. The highest BCUT2D eigenvalue weighted by atomic mass is 32.2. The van der Waals surface area contributed by atoms with Crippen LogP contribution in [0.2, 0.25) is 0 Å². The Hall–Kier alpha value is -2.76. The lowest BCUT2D eigenvalue weighted by Crippen LogP contribution is -2.31. The summed E-state index contributed by atoms with van der Waals surface area (Å²) in [7, 11) is -2.51. The second-order valence-electron chi connectivity index (χ2n) is 6.30. The number of hydrogen-bond acceptors (Lipinski definition) is 8. The highest BCUT2D eigenvalue weighted by Crippen LogP contribution is 2.23. The lowest BCUT2D eigenvalue weighted by molar-refractivity contribution is 0.0940. The second kappa shape index (κ2) is 8.72. The Bertz CT molecular complexity index is 1090. The number of carbonyl (C=O) groups is 1. The molecule has 9 nitrogen and oxygen atoms in total. The van der Waals surface area contributed by atoms with Gasteiger partial charge in [0.1, 0.15) is 5.75 Å². The summed E-state index contributed by atoms with van der Waals surface area (Å²) in [5, 5.41) is 8.44. The van der Waals surface area contributed by atoms with Crippen LogP contribution in [-0.2, 0) is 16.6 Å². The van der Waals surface area contributed by atoms with Crippen molar-refractivity contribution in [3.05, 3.63) is 47.2 Å². The lowest BCUT2D eigenvalue weighted by atomic mass is 10.2. The number of rotatable bonds is 8. The molecule has 154 valence electrons. The first-order valence-electron chi connectivity index (χ1n) is 8.65. The van der Waals surface area contributed by atoms with Crippen LogP contribution < -0.4 is 14.8 Å². The fourth-order valence-electron chi connectivity index (χ4n) is 2.44. The van der Waals surface area contributed by atoms with Crippen LogP contribution >= 0.6 is 11.3 Å². The molecular weight excluding hydrogens is 416 g/mol. The van der Waals surface area contributed by atoms with Crippen LogP contribution in [0.5, 0.6) is 5.75 Å². The van der Waals surface area contributed by atoms with E-state index in [1.165, 1.54) is 36.6 Å². The number of thiophene rings is 1. The van der Waals surface area contributed by atoms with Gasteiger partial charge in [0, 0.05) is 6.04 Å². The summed E-state index contributed by atoms with van der Waals surface area (Å²) in [5.74, 6) is 0.375. The van der Waals surface area contributed by atoms with Gasteiger partial charge in [0.05, 0.1) is 29.0 Å².